The molecule has 0 radical (unpaired) electrons. The summed E-state index contributed by atoms with van der Waals surface area (Å²) in [6, 6.07) is 4.74. The third-order valence-electron chi connectivity index (χ3n) is 3.55. The first kappa shape index (κ1) is 17.7. The van der Waals surface area contributed by atoms with Crippen molar-refractivity contribution in [3.8, 4) is 0 Å². The molecule has 0 unspecified atom stereocenters. The van der Waals surface area contributed by atoms with Crippen LogP contribution in [0, 0.1) is 5.82 Å². The van der Waals surface area contributed by atoms with Crippen molar-refractivity contribution in [1.29, 1.82) is 0 Å². The van der Waals surface area contributed by atoms with Gasteiger partial charge in [0.1, 0.15) is 5.82 Å². The predicted molar refractivity (Wildman–Crippen MR) is 82.2 cm³/mol. The lowest BCUT2D eigenvalue weighted by Crippen LogP contribution is -2.45. The largest absolute Gasteiger partial charge is 0.396 e. The van der Waals surface area contributed by atoms with Gasteiger partial charge in [-0.3, -0.25) is 4.90 Å². The molecule has 1 aliphatic heterocycles. The molecule has 0 aromatic heterocycles. The zero-order chi connectivity index (χ0) is 13.7. The average Bonchev–Trinajstić information content (AvgIpc) is 2.42. The third-order valence-corrected chi connectivity index (χ3v) is 3.88. The molecule has 1 aromatic carbocycles. The fraction of sp³-hybridized carbons (Fsp3) is 0.571. The van der Waals surface area contributed by atoms with E-state index in [4.69, 9.17) is 16.7 Å². The summed E-state index contributed by atoms with van der Waals surface area (Å²) in [5.41, 5.74) is 0.957. The molecular formula is C14H21Cl2FN2O. The molecule has 0 amide bonds. The topological polar surface area (TPSA) is 35.5 Å². The van der Waals surface area contributed by atoms with Gasteiger partial charge >= 0.3 is 0 Å². The van der Waals surface area contributed by atoms with Crippen molar-refractivity contribution in [3.05, 3.63) is 34.6 Å². The Morgan fingerprint density at radius 1 is 1.35 bits per heavy atom. The SMILES string of the molecule is Cl.OCCC[C@H](c1ccc(F)cc1Cl)N1CCNCC1. The van der Waals surface area contributed by atoms with Crippen molar-refractivity contribution in [3.63, 3.8) is 0 Å². The monoisotopic (exact) mass is 322 g/mol. The summed E-state index contributed by atoms with van der Waals surface area (Å²) in [5.74, 6) is -0.310. The maximum Gasteiger partial charge on any atom is 0.124 e. The van der Waals surface area contributed by atoms with E-state index in [1.54, 1.807) is 6.07 Å². The molecule has 2 N–H and O–H groups in total. The van der Waals surface area contributed by atoms with Crippen LogP contribution in [0.3, 0.4) is 0 Å². The first-order valence-corrected chi connectivity index (χ1v) is 7.10. The molecule has 0 spiro atoms. The molecule has 1 atom stereocenters. The van der Waals surface area contributed by atoms with Crippen molar-refractivity contribution in [1.82, 2.24) is 10.2 Å². The van der Waals surface area contributed by atoms with E-state index in [1.807, 2.05) is 0 Å². The van der Waals surface area contributed by atoms with E-state index in [0.29, 0.717) is 5.02 Å². The molecule has 3 nitrogen and oxygen atoms in total. The van der Waals surface area contributed by atoms with Crippen LogP contribution < -0.4 is 5.32 Å². The Balaban J connectivity index is 0.00000200. The lowest BCUT2D eigenvalue weighted by atomic mass is 9.99. The average molecular weight is 323 g/mol. The number of benzene rings is 1. The molecular weight excluding hydrogens is 302 g/mol. The van der Waals surface area contributed by atoms with Gasteiger partial charge in [-0.25, -0.2) is 4.39 Å². The molecule has 1 aliphatic rings. The van der Waals surface area contributed by atoms with Gasteiger partial charge < -0.3 is 10.4 Å². The van der Waals surface area contributed by atoms with Crippen LogP contribution in [0.2, 0.25) is 5.02 Å². The normalized spacial score (nSPS) is 17.6. The van der Waals surface area contributed by atoms with E-state index in [1.165, 1.54) is 12.1 Å². The van der Waals surface area contributed by atoms with Crippen molar-refractivity contribution in [2.75, 3.05) is 32.8 Å². The lowest BCUT2D eigenvalue weighted by Gasteiger charge is -2.35. The number of halogens is 3. The lowest BCUT2D eigenvalue weighted by molar-refractivity contribution is 0.154. The van der Waals surface area contributed by atoms with Gasteiger partial charge in [0.05, 0.1) is 0 Å². The number of aliphatic hydroxyl groups is 1. The zero-order valence-electron chi connectivity index (χ0n) is 11.3. The standard InChI is InChI=1S/C14H20ClFN2O.ClH/c15-13-10-11(16)3-4-12(13)14(2-1-9-19)18-7-5-17-6-8-18;/h3-4,10,14,17,19H,1-2,5-9H2;1H/t14-;/m1./s1. The second kappa shape index (κ2) is 8.80. The molecule has 1 saturated heterocycles. The molecule has 0 bridgehead atoms. The summed E-state index contributed by atoms with van der Waals surface area (Å²) in [6.45, 7) is 3.97. The highest BCUT2D eigenvalue weighted by Gasteiger charge is 2.23. The number of hydrogen-bond donors (Lipinski definition) is 2. The number of rotatable bonds is 5. The molecule has 114 valence electrons. The summed E-state index contributed by atoms with van der Waals surface area (Å²) < 4.78 is 13.2. The molecule has 2 rings (SSSR count). The Morgan fingerprint density at radius 3 is 2.65 bits per heavy atom. The highest BCUT2D eigenvalue weighted by Crippen LogP contribution is 2.31. The van der Waals surface area contributed by atoms with Crippen LogP contribution in [0.4, 0.5) is 4.39 Å². The fourth-order valence-corrected chi connectivity index (χ4v) is 2.88. The molecule has 0 saturated carbocycles. The van der Waals surface area contributed by atoms with Crippen molar-refractivity contribution >= 4 is 24.0 Å². The molecule has 1 fully saturated rings. The van der Waals surface area contributed by atoms with Crippen LogP contribution in [0.25, 0.3) is 0 Å². The van der Waals surface area contributed by atoms with Gasteiger partial charge in [-0.15, -0.1) is 12.4 Å². The van der Waals surface area contributed by atoms with Gasteiger partial charge in [0.25, 0.3) is 0 Å². The number of aliphatic hydroxyl groups excluding tert-OH is 1. The maximum absolute atomic E-state index is 13.2. The minimum Gasteiger partial charge on any atom is -0.396 e. The number of piperazine rings is 1. The molecule has 6 heteroatoms. The first-order valence-electron chi connectivity index (χ1n) is 6.73. The number of nitrogens with one attached hydrogen (secondary N) is 1. The summed E-state index contributed by atoms with van der Waals surface area (Å²) in [6.07, 6.45) is 1.56. The zero-order valence-corrected chi connectivity index (χ0v) is 12.9. The van der Waals surface area contributed by atoms with Gasteiger partial charge in [0.2, 0.25) is 0 Å². The second-order valence-electron chi connectivity index (χ2n) is 4.83. The van der Waals surface area contributed by atoms with Gasteiger partial charge in [-0.05, 0) is 30.5 Å². The molecule has 1 aromatic rings. The Morgan fingerprint density at radius 2 is 2.05 bits per heavy atom. The summed E-state index contributed by atoms with van der Waals surface area (Å²) >= 11 is 6.18. The van der Waals surface area contributed by atoms with Crippen molar-refractivity contribution < 1.29 is 9.50 Å². The van der Waals surface area contributed by atoms with Crippen LogP contribution in [0.1, 0.15) is 24.4 Å². The number of hydrogen-bond acceptors (Lipinski definition) is 3. The van der Waals surface area contributed by atoms with E-state index >= 15 is 0 Å². The van der Waals surface area contributed by atoms with Crippen molar-refractivity contribution in [2.24, 2.45) is 0 Å². The Bertz CT molecular complexity index is 414. The van der Waals surface area contributed by atoms with Gasteiger partial charge in [-0.2, -0.15) is 0 Å². The minimum atomic E-state index is -0.310. The highest BCUT2D eigenvalue weighted by atomic mass is 35.5. The van der Waals surface area contributed by atoms with Gasteiger partial charge in [0.15, 0.2) is 0 Å². The Hall–Kier alpha value is -0.390. The van der Waals surface area contributed by atoms with E-state index in [9.17, 15) is 4.39 Å². The van der Waals surface area contributed by atoms with E-state index < -0.39 is 0 Å². The third kappa shape index (κ3) is 4.57. The fourth-order valence-electron chi connectivity index (χ4n) is 2.58. The van der Waals surface area contributed by atoms with Crippen LogP contribution >= 0.6 is 24.0 Å². The Kier molecular flexibility index (Phi) is 7.77. The summed E-state index contributed by atoms with van der Waals surface area (Å²) in [5, 5.41) is 12.8. The minimum absolute atomic E-state index is 0. The van der Waals surface area contributed by atoms with Gasteiger partial charge in [-0.1, -0.05) is 17.7 Å². The maximum atomic E-state index is 13.2. The van der Waals surface area contributed by atoms with E-state index in [0.717, 1.165) is 44.6 Å². The summed E-state index contributed by atoms with van der Waals surface area (Å²) in [4.78, 5) is 2.35. The predicted octanol–water partition coefficient (Wildman–Crippen LogP) is 2.62. The first-order chi connectivity index (χ1) is 9.22. The number of nitrogens with zero attached hydrogens (tertiary/aromatic N) is 1. The van der Waals surface area contributed by atoms with E-state index in [2.05, 4.69) is 10.2 Å². The van der Waals surface area contributed by atoms with Gasteiger partial charge in [0, 0.05) is 43.9 Å². The van der Waals surface area contributed by atoms with Crippen molar-refractivity contribution in [2.45, 2.75) is 18.9 Å². The van der Waals surface area contributed by atoms with E-state index in [-0.39, 0.29) is 30.9 Å². The second-order valence-corrected chi connectivity index (χ2v) is 5.24. The Labute approximate surface area is 130 Å². The van der Waals surface area contributed by atoms with Crippen LogP contribution in [-0.4, -0.2) is 42.8 Å². The molecule has 20 heavy (non-hydrogen) atoms. The smallest absolute Gasteiger partial charge is 0.124 e. The van der Waals surface area contributed by atoms with Crippen LogP contribution in [-0.2, 0) is 0 Å². The quantitative estimate of drug-likeness (QED) is 0.874. The van der Waals surface area contributed by atoms with Crippen LogP contribution in [0.5, 0.6) is 0 Å². The highest BCUT2D eigenvalue weighted by molar-refractivity contribution is 6.31. The van der Waals surface area contributed by atoms with Crippen LogP contribution in [0.15, 0.2) is 18.2 Å². The molecule has 1 heterocycles. The molecule has 0 aliphatic carbocycles. The summed E-state index contributed by atoms with van der Waals surface area (Å²) in [7, 11) is 0.